The molecule has 1 aromatic heterocycles. The molecule has 92 valence electrons. The summed E-state index contributed by atoms with van der Waals surface area (Å²) in [5.41, 5.74) is 2.93. The van der Waals surface area contributed by atoms with Gasteiger partial charge in [0.25, 0.3) is 0 Å². The fourth-order valence-electron chi connectivity index (χ4n) is 3.45. The molecule has 0 radical (unpaired) electrons. The van der Waals surface area contributed by atoms with Crippen LogP contribution in [0.1, 0.15) is 49.3 Å². The molecule has 1 N–H and O–H groups in total. The van der Waals surface area contributed by atoms with E-state index in [4.69, 9.17) is 0 Å². The van der Waals surface area contributed by atoms with E-state index < -0.39 is 0 Å². The summed E-state index contributed by atoms with van der Waals surface area (Å²) < 4.78 is 0. The van der Waals surface area contributed by atoms with E-state index in [0.29, 0.717) is 0 Å². The first kappa shape index (κ1) is 11.2. The van der Waals surface area contributed by atoms with E-state index in [0.717, 1.165) is 11.8 Å². The SMILES string of the molecule is c1cnc2c(c1)CCCC2CC1CCNCC1. The Morgan fingerprint density at radius 2 is 2.12 bits per heavy atom. The molecule has 2 heterocycles. The van der Waals surface area contributed by atoms with Gasteiger partial charge in [-0.1, -0.05) is 6.07 Å². The Morgan fingerprint density at radius 1 is 1.24 bits per heavy atom. The monoisotopic (exact) mass is 230 g/mol. The van der Waals surface area contributed by atoms with Crippen molar-refractivity contribution in [2.45, 2.75) is 44.4 Å². The third-order valence-corrected chi connectivity index (χ3v) is 4.39. The van der Waals surface area contributed by atoms with Gasteiger partial charge in [-0.15, -0.1) is 0 Å². The molecule has 1 aliphatic carbocycles. The molecule has 2 aliphatic rings. The molecule has 0 saturated carbocycles. The number of aryl methyl sites for hydroxylation is 1. The second-order valence-electron chi connectivity index (χ2n) is 5.57. The number of hydrogen-bond donors (Lipinski definition) is 1. The summed E-state index contributed by atoms with van der Waals surface area (Å²) >= 11 is 0. The molecular formula is C15H22N2. The second-order valence-corrected chi connectivity index (χ2v) is 5.57. The molecule has 1 unspecified atom stereocenters. The van der Waals surface area contributed by atoms with Crippen molar-refractivity contribution in [2.24, 2.45) is 5.92 Å². The van der Waals surface area contributed by atoms with E-state index in [9.17, 15) is 0 Å². The maximum atomic E-state index is 4.65. The molecule has 0 bridgehead atoms. The van der Waals surface area contributed by atoms with Gasteiger partial charge in [-0.3, -0.25) is 4.98 Å². The molecule has 2 heteroatoms. The Hall–Kier alpha value is -0.890. The molecule has 0 amide bonds. The maximum Gasteiger partial charge on any atom is 0.0466 e. The highest BCUT2D eigenvalue weighted by atomic mass is 14.9. The van der Waals surface area contributed by atoms with Gasteiger partial charge in [-0.05, 0) is 69.2 Å². The molecular weight excluding hydrogens is 208 g/mol. The molecule has 1 aliphatic heterocycles. The van der Waals surface area contributed by atoms with Crippen LogP contribution in [0, 0.1) is 5.92 Å². The summed E-state index contributed by atoms with van der Waals surface area (Å²) in [7, 11) is 0. The molecule has 0 aromatic carbocycles. The minimum Gasteiger partial charge on any atom is -0.317 e. The number of aromatic nitrogens is 1. The van der Waals surface area contributed by atoms with Gasteiger partial charge < -0.3 is 5.32 Å². The van der Waals surface area contributed by atoms with Crippen molar-refractivity contribution in [3.8, 4) is 0 Å². The summed E-state index contributed by atoms with van der Waals surface area (Å²) in [6.07, 6.45) is 10.0. The molecule has 3 rings (SSSR count). The first-order valence-electron chi connectivity index (χ1n) is 7.08. The number of nitrogens with one attached hydrogen (secondary N) is 1. The smallest absolute Gasteiger partial charge is 0.0466 e. The lowest BCUT2D eigenvalue weighted by Gasteiger charge is -2.30. The third kappa shape index (κ3) is 2.52. The van der Waals surface area contributed by atoms with Crippen LogP contribution in [0.2, 0.25) is 0 Å². The average molecular weight is 230 g/mol. The summed E-state index contributed by atoms with van der Waals surface area (Å²) in [5.74, 6) is 1.66. The molecule has 1 atom stereocenters. The first-order valence-corrected chi connectivity index (χ1v) is 7.08. The van der Waals surface area contributed by atoms with Crippen molar-refractivity contribution in [2.75, 3.05) is 13.1 Å². The zero-order valence-electron chi connectivity index (χ0n) is 10.5. The lowest BCUT2D eigenvalue weighted by Crippen LogP contribution is -2.29. The second kappa shape index (κ2) is 5.18. The van der Waals surface area contributed by atoms with Gasteiger partial charge >= 0.3 is 0 Å². The van der Waals surface area contributed by atoms with E-state index in [-0.39, 0.29) is 0 Å². The number of hydrogen-bond acceptors (Lipinski definition) is 2. The fraction of sp³-hybridized carbons (Fsp3) is 0.667. The fourth-order valence-corrected chi connectivity index (χ4v) is 3.45. The van der Waals surface area contributed by atoms with Gasteiger partial charge in [-0.2, -0.15) is 0 Å². The highest BCUT2D eigenvalue weighted by Crippen LogP contribution is 2.36. The zero-order valence-corrected chi connectivity index (χ0v) is 10.5. The highest BCUT2D eigenvalue weighted by molar-refractivity contribution is 5.25. The van der Waals surface area contributed by atoms with Crippen LogP contribution in [0.3, 0.4) is 0 Å². The van der Waals surface area contributed by atoms with E-state index in [2.05, 4.69) is 22.4 Å². The highest BCUT2D eigenvalue weighted by Gasteiger charge is 2.25. The Bertz CT molecular complexity index is 369. The van der Waals surface area contributed by atoms with E-state index in [1.807, 2.05) is 6.20 Å². The van der Waals surface area contributed by atoms with Crippen molar-refractivity contribution < 1.29 is 0 Å². The predicted octanol–water partition coefficient (Wildman–Crippen LogP) is 2.89. The van der Waals surface area contributed by atoms with Crippen molar-refractivity contribution in [1.82, 2.24) is 10.3 Å². The van der Waals surface area contributed by atoms with Crippen LogP contribution in [-0.4, -0.2) is 18.1 Å². The van der Waals surface area contributed by atoms with Gasteiger partial charge in [-0.25, -0.2) is 0 Å². The van der Waals surface area contributed by atoms with Crippen molar-refractivity contribution in [3.05, 3.63) is 29.6 Å². The summed E-state index contributed by atoms with van der Waals surface area (Å²) in [4.78, 5) is 4.65. The Balaban J connectivity index is 1.71. The van der Waals surface area contributed by atoms with Gasteiger partial charge in [0.15, 0.2) is 0 Å². The standard InChI is InChI=1S/C15H22N2/c1-3-13-5-2-8-17-15(13)14(4-1)11-12-6-9-16-10-7-12/h2,5,8,12,14,16H,1,3-4,6-7,9-11H2. The normalized spacial score (nSPS) is 25.5. The van der Waals surface area contributed by atoms with Crippen LogP contribution in [0.25, 0.3) is 0 Å². The van der Waals surface area contributed by atoms with Crippen LogP contribution in [0.4, 0.5) is 0 Å². The van der Waals surface area contributed by atoms with Crippen LogP contribution in [-0.2, 0) is 6.42 Å². The van der Waals surface area contributed by atoms with Crippen LogP contribution in [0.5, 0.6) is 0 Å². The van der Waals surface area contributed by atoms with E-state index >= 15 is 0 Å². The largest absolute Gasteiger partial charge is 0.317 e. The summed E-state index contributed by atoms with van der Waals surface area (Å²) in [6, 6.07) is 4.36. The molecule has 1 fully saturated rings. The van der Waals surface area contributed by atoms with E-state index in [1.165, 1.54) is 62.9 Å². The van der Waals surface area contributed by atoms with Crippen molar-refractivity contribution in [3.63, 3.8) is 0 Å². The van der Waals surface area contributed by atoms with Gasteiger partial charge in [0.1, 0.15) is 0 Å². The van der Waals surface area contributed by atoms with Crippen molar-refractivity contribution in [1.29, 1.82) is 0 Å². The van der Waals surface area contributed by atoms with Gasteiger partial charge in [0, 0.05) is 17.8 Å². The molecule has 1 saturated heterocycles. The Labute approximate surface area is 104 Å². The number of nitrogens with zero attached hydrogens (tertiary/aromatic N) is 1. The van der Waals surface area contributed by atoms with Gasteiger partial charge in [0.05, 0.1) is 0 Å². The molecule has 1 aromatic rings. The maximum absolute atomic E-state index is 4.65. The minimum absolute atomic E-state index is 0.739. The lowest BCUT2D eigenvalue weighted by atomic mass is 9.79. The molecule has 2 nitrogen and oxygen atoms in total. The van der Waals surface area contributed by atoms with Gasteiger partial charge in [0.2, 0.25) is 0 Å². The lowest BCUT2D eigenvalue weighted by molar-refractivity contribution is 0.316. The molecule has 17 heavy (non-hydrogen) atoms. The van der Waals surface area contributed by atoms with Crippen LogP contribution >= 0.6 is 0 Å². The quantitative estimate of drug-likeness (QED) is 0.845. The number of piperidine rings is 1. The Morgan fingerprint density at radius 3 is 3.00 bits per heavy atom. The number of fused-ring (bicyclic) bond motifs is 1. The minimum atomic E-state index is 0.739. The Kier molecular flexibility index (Phi) is 3.41. The number of pyridine rings is 1. The topological polar surface area (TPSA) is 24.9 Å². The van der Waals surface area contributed by atoms with Crippen molar-refractivity contribution >= 4 is 0 Å². The summed E-state index contributed by atoms with van der Waals surface area (Å²) in [6.45, 7) is 2.43. The number of rotatable bonds is 2. The van der Waals surface area contributed by atoms with Crippen LogP contribution < -0.4 is 5.32 Å². The predicted molar refractivity (Wildman–Crippen MR) is 70.1 cm³/mol. The van der Waals surface area contributed by atoms with E-state index in [1.54, 1.807) is 0 Å². The molecule has 0 spiro atoms. The zero-order chi connectivity index (χ0) is 11.5. The average Bonchev–Trinajstić information content (AvgIpc) is 2.40. The van der Waals surface area contributed by atoms with Crippen LogP contribution in [0.15, 0.2) is 18.3 Å². The first-order chi connectivity index (χ1) is 8.43. The third-order valence-electron chi connectivity index (χ3n) is 4.39. The summed E-state index contributed by atoms with van der Waals surface area (Å²) in [5, 5.41) is 3.46.